The minimum Gasteiger partial charge on any atom is -0.340 e. The minimum atomic E-state index is -0.985. The molecule has 0 bridgehead atoms. The fraction of sp³-hybridized carbons (Fsp3) is 0.400. The average molecular weight is 458 g/mol. The number of nitrogens with one attached hydrogen (secondary N) is 1. The molecule has 8 heteroatoms. The van der Waals surface area contributed by atoms with Crippen molar-refractivity contribution < 1.29 is 23.2 Å². The molecule has 1 atom stereocenters. The van der Waals surface area contributed by atoms with Crippen molar-refractivity contribution in [2.24, 2.45) is 5.92 Å². The van der Waals surface area contributed by atoms with Crippen molar-refractivity contribution in [3.63, 3.8) is 0 Å². The zero-order valence-electron chi connectivity index (χ0n) is 19.1. The van der Waals surface area contributed by atoms with Gasteiger partial charge in [0.15, 0.2) is 0 Å². The van der Waals surface area contributed by atoms with E-state index in [9.17, 15) is 23.2 Å². The molecule has 0 spiro atoms. The summed E-state index contributed by atoms with van der Waals surface area (Å²) in [5.74, 6) is -3.67. The Labute approximate surface area is 192 Å². The third kappa shape index (κ3) is 5.56. The van der Waals surface area contributed by atoms with Gasteiger partial charge >= 0.3 is 0 Å². The fourth-order valence-corrected chi connectivity index (χ4v) is 3.83. The van der Waals surface area contributed by atoms with E-state index in [1.54, 1.807) is 23.6 Å². The van der Waals surface area contributed by atoms with Gasteiger partial charge in [0.05, 0.1) is 0 Å². The van der Waals surface area contributed by atoms with Gasteiger partial charge in [0.1, 0.15) is 23.2 Å². The lowest BCUT2D eigenvalue weighted by Gasteiger charge is -2.37. The largest absolute Gasteiger partial charge is 0.340 e. The Morgan fingerprint density at radius 2 is 1.45 bits per heavy atom. The van der Waals surface area contributed by atoms with Crippen LogP contribution in [0.3, 0.4) is 0 Å². The Morgan fingerprint density at radius 3 is 1.97 bits per heavy atom. The molecule has 1 saturated heterocycles. The molecule has 1 aliphatic heterocycles. The van der Waals surface area contributed by atoms with Crippen LogP contribution in [0.5, 0.6) is 0 Å². The summed E-state index contributed by atoms with van der Waals surface area (Å²) in [6.45, 7) is 6.89. The Hall–Kier alpha value is -3.29. The molecule has 2 aromatic rings. The summed E-state index contributed by atoms with van der Waals surface area (Å²) in [6.07, 6.45) is 0.895. The SMILES string of the molecule is CCc1ccc(C(=O)N2CCN(C(=O)[C@@H](NC(=O)c3c(F)cccc3F)C(C)C)CC2)cc1. The van der Waals surface area contributed by atoms with Crippen LogP contribution in [0.1, 0.15) is 47.1 Å². The minimum absolute atomic E-state index is 0.0894. The number of amides is 3. The topological polar surface area (TPSA) is 69.7 Å². The van der Waals surface area contributed by atoms with E-state index in [1.807, 2.05) is 31.2 Å². The smallest absolute Gasteiger partial charge is 0.257 e. The van der Waals surface area contributed by atoms with Gasteiger partial charge in [-0.3, -0.25) is 14.4 Å². The molecule has 0 saturated carbocycles. The molecular formula is C25H29F2N3O3. The van der Waals surface area contributed by atoms with E-state index in [1.165, 1.54) is 6.07 Å². The maximum absolute atomic E-state index is 14.0. The Kier molecular flexibility index (Phi) is 7.79. The van der Waals surface area contributed by atoms with Gasteiger partial charge in [-0.05, 0) is 42.2 Å². The monoisotopic (exact) mass is 457 g/mol. The highest BCUT2D eigenvalue weighted by molar-refractivity contribution is 5.98. The predicted molar refractivity (Wildman–Crippen MR) is 121 cm³/mol. The lowest BCUT2D eigenvalue weighted by Crippen LogP contribution is -2.57. The number of rotatable bonds is 6. The Bertz CT molecular complexity index is 996. The molecule has 0 aromatic heterocycles. The van der Waals surface area contributed by atoms with Gasteiger partial charge in [0.25, 0.3) is 11.8 Å². The molecular weight excluding hydrogens is 428 g/mol. The Morgan fingerprint density at radius 1 is 0.909 bits per heavy atom. The van der Waals surface area contributed by atoms with Crippen molar-refractivity contribution in [1.29, 1.82) is 0 Å². The van der Waals surface area contributed by atoms with Crippen molar-refractivity contribution in [2.45, 2.75) is 33.2 Å². The van der Waals surface area contributed by atoms with Gasteiger partial charge in [0.2, 0.25) is 5.91 Å². The maximum Gasteiger partial charge on any atom is 0.257 e. The highest BCUT2D eigenvalue weighted by atomic mass is 19.1. The molecule has 0 radical (unpaired) electrons. The fourth-order valence-electron chi connectivity index (χ4n) is 3.83. The summed E-state index contributed by atoms with van der Waals surface area (Å²) in [5, 5.41) is 2.49. The molecule has 6 nitrogen and oxygen atoms in total. The number of hydrogen-bond acceptors (Lipinski definition) is 3. The van der Waals surface area contributed by atoms with Crippen molar-refractivity contribution in [3.8, 4) is 0 Å². The van der Waals surface area contributed by atoms with Crippen LogP contribution in [0.4, 0.5) is 8.78 Å². The summed E-state index contributed by atoms with van der Waals surface area (Å²) in [6, 6.07) is 9.70. The lowest BCUT2D eigenvalue weighted by molar-refractivity contribution is -0.135. The molecule has 3 amide bonds. The Balaban J connectivity index is 1.63. The quantitative estimate of drug-likeness (QED) is 0.724. The first-order chi connectivity index (χ1) is 15.7. The number of halogens is 2. The van der Waals surface area contributed by atoms with E-state index in [4.69, 9.17) is 0 Å². The first-order valence-corrected chi connectivity index (χ1v) is 11.1. The number of aryl methyl sites for hydroxylation is 1. The highest BCUT2D eigenvalue weighted by Gasteiger charge is 2.33. The molecule has 2 aromatic carbocycles. The van der Waals surface area contributed by atoms with Crippen LogP contribution in [0.25, 0.3) is 0 Å². The summed E-state index contributed by atoms with van der Waals surface area (Å²) >= 11 is 0. The van der Waals surface area contributed by atoms with E-state index in [0.717, 1.165) is 24.1 Å². The normalized spacial score (nSPS) is 14.8. The average Bonchev–Trinajstić information content (AvgIpc) is 2.81. The standard InChI is InChI=1S/C25H29F2N3O3/c1-4-17-8-10-18(11-9-17)24(32)29-12-14-30(15-13-29)25(33)22(16(2)3)28-23(31)21-19(26)6-5-7-20(21)27/h5-11,16,22H,4,12-15H2,1-3H3,(H,28,31)/t22-/m0/s1. The molecule has 1 aliphatic rings. The van der Waals surface area contributed by atoms with Gasteiger partial charge in [-0.2, -0.15) is 0 Å². The number of nitrogens with zero attached hydrogens (tertiary/aromatic N) is 2. The van der Waals surface area contributed by atoms with E-state index in [2.05, 4.69) is 5.32 Å². The molecule has 1 heterocycles. The third-order valence-corrected chi connectivity index (χ3v) is 5.90. The lowest BCUT2D eigenvalue weighted by atomic mass is 10.0. The summed E-state index contributed by atoms with van der Waals surface area (Å²) in [5.41, 5.74) is 1.05. The van der Waals surface area contributed by atoms with Crippen LogP contribution >= 0.6 is 0 Å². The van der Waals surface area contributed by atoms with Crippen LogP contribution in [0.2, 0.25) is 0 Å². The first kappa shape index (κ1) is 24.4. The summed E-state index contributed by atoms with van der Waals surface area (Å²) in [4.78, 5) is 41.7. The second-order valence-corrected chi connectivity index (χ2v) is 8.46. The van der Waals surface area contributed by atoms with Gasteiger partial charge in [0, 0.05) is 31.7 Å². The summed E-state index contributed by atoms with van der Waals surface area (Å²) in [7, 11) is 0. The zero-order valence-corrected chi connectivity index (χ0v) is 19.1. The molecule has 0 aliphatic carbocycles. The van der Waals surface area contributed by atoms with E-state index < -0.39 is 29.1 Å². The van der Waals surface area contributed by atoms with E-state index in [-0.39, 0.29) is 17.7 Å². The van der Waals surface area contributed by atoms with Crippen molar-refractivity contribution >= 4 is 17.7 Å². The molecule has 1 fully saturated rings. The van der Waals surface area contributed by atoms with Crippen molar-refractivity contribution in [3.05, 3.63) is 70.8 Å². The van der Waals surface area contributed by atoms with Gasteiger partial charge in [-0.1, -0.05) is 39.0 Å². The summed E-state index contributed by atoms with van der Waals surface area (Å²) < 4.78 is 28.0. The van der Waals surface area contributed by atoms with Crippen molar-refractivity contribution in [1.82, 2.24) is 15.1 Å². The van der Waals surface area contributed by atoms with Crippen LogP contribution < -0.4 is 5.32 Å². The molecule has 0 unspecified atom stereocenters. The van der Waals surface area contributed by atoms with Crippen LogP contribution in [-0.4, -0.2) is 59.7 Å². The second kappa shape index (κ2) is 10.6. The maximum atomic E-state index is 14.0. The molecule has 33 heavy (non-hydrogen) atoms. The van der Waals surface area contributed by atoms with Crippen LogP contribution in [-0.2, 0) is 11.2 Å². The predicted octanol–water partition coefficient (Wildman–Crippen LogP) is 3.27. The zero-order chi connectivity index (χ0) is 24.1. The van der Waals surface area contributed by atoms with E-state index >= 15 is 0 Å². The van der Waals surface area contributed by atoms with E-state index in [0.29, 0.717) is 31.7 Å². The van der Waals surface area contributed by atoms with Crippen molar-refractivity contribution in [2.75, 3.05) is 26.2 Å². The van der Waals surface area contributed by atoms with Gasteiger partial charge in [-0.15, -0.1) is 0 Å². The molecule has 1 N–H and O–H groups in total. The number of carbonyl (C=O) groups excluding carboxylic acids is 3. The molecule has 176 valence electrons. The number of carbonyl (C=O) groups is 3. The molecule has 3 rings (SSSR count). The first-order valence-electron chi connectivity index (χ1n) is 11.1. The number of benzene rings is 2. The number of piperazine rings is 1. The van der Waals surface area contributed by atoms with Crippen LogP contribution in [0.15, 0.2) is 42.5 Å². The third-order valence-electron chi connectivity index (χ3n) is 5.90. The second-order valence-electron chi connectivity index (χ2n) is 8.46. The van der Waals surface area contributed by atoms with Crippen LogP contribution in [0, 0.1) is 17.6 Å². The highest BCUT2D eigenvalue weighted by Crippen LogP contribution is 2.16. The van der Waals surface area contributed by atoms with Gasteiger partial charge in [-0.25, -0.2) is 8.78 Å². The number of hydrogen-bond donors (Lipinski definition) is 1. The van der Waals surface area contributed by atoms with Gasteiger partial charge < -0.3 is 15.1 Å².